The molecule has 12 nitrogen and oxygen atoms in total. The summed E-state index contributed by atoms with van der Waals surface area (Å²) in [6.07, 6.45) is 0.872. The smallest absolute Gasteiger partial charge is 0.226 e. The van der Waals surface area contributed by atoms with Crippen molar-refractivity contribution in [1.29, 1.82) is 0 Å². The van der Waals surface area contributed by atoms with Gasteiger partial charge in [-0.05, 0) is 44.7 Å². The van der Waals surface area contributed by atoms with Gasteiger partial charge in [0.05, 0.1) is 86.0 Å². The Kier molecular flexibility index (Phi) is 11.3. The second kappa shape index (κ2) is 15.6. The maximum atomic E-state index is 10.9. The summed E-state index contributed by atoms with van der Waals surface area (Å²) in [5, 5.41) is 21.0. The van der Waals surface area contributed by atoms with Gasteiger partial charge in [-0.2, -0.15) is 0 Å². The van der Waals surface area contributed by atoms with E-state index in [0.29, 0.717) is 51.9 Å². The lowest BCUT2D eigenvalue weighted by atomic mass is 9.78. The van der Waals surface area contributed by atoms with E-state index in [-0.39, 0.29) is 49.7 Å². The molecule has 0 aliphatic carbocycles. The number of fused-ring (bicyclic) bond motifs is 5. The molecule has 0 radical (unpaired) electrons. The summed E-state index contributed by atoms with van der Waals surface area (Å²) >= 11 is 0. The van der Waals surface area contributed by atoms with Crippen molar-refractivity contribution in [3.63, 3.8) is 0 Å². The van der Waals surface area contributed by atoms with Gasteiger partial charge in [-0.25, -0.2) is 0 Å². The molecule has 2 aromatic carbocycles. The third kappa shape index (κ3) is 7.45. The highest BCUT2D eigenvalue weighted by molar-refractivity contribution is 5.15. The first-order valence-electron chi connectivity index (χ1n) is 20.2. The van der Waals surface area contributed by atoms with Crippen LogP contribution in [0.2, 0.25) is 0 Å². The third-order valence-electron chi connectivity index (χ3n) is 13.5. The predicted octanol–water partition coefficient (Wildman–Crippen LogP) is 4.99. The number of benzene rings is 2. The number of hydrogen-bond donors (Lipinski definition) is 2. The standard InChI is InChI=1S/C43H60O12/c1-39-17-16-30-31(20-32-34(50-30)23-42(46-4)43(47-5,53-32)24-35-33(54-42)21-36(45)41(3,27-44)52-35)51-38(39)22-37(49-26-29-14-10-7-11-15-29)40(2,55-39)18-19-48-25-28-12-8-6-9-13-28/h6-15,30-38,44-45H,16-27H2,1-5H3/t30-,31+,32-,33+,34+,35-,36-,37+,38-,39+,40-,41+,42-,43+/m0/s1. The highest BCUT2D eigenvalue weighted by Crippen LogP contribution is 2.55. The van der Waals surface area contributed by atoms with Gasteiger partial charge in [-0.1, -0.05) is 60.7 Å². The van der Waals surface area contributed by atoms with Crippen LogP contribution in [-0.2, 0) is 60.6 Å². The fourth-order valence-corrected chi connectivity index (χ4v) is 10.0. The molecule has 304 valence electrons. The highest BCUT2D eigenvalue weighted by atomic mass is 16.8. The van der Waals surface area contributed by atoms with Crippen LogP contribution < -0.4 is 0 Å². The molecule has 6 aliphatic rings. The molecule has 6 fully saturated rings. The molecule has 2 aromatic rings. The zero-order valence-corrected chi connectivity index (χ0v) is 32.9. The van der Waals surface area contributed by atoms with E-state index in [2.05, 4.69) is 38.1 Å². The van der Waals surface area contributed by atoms with Crippen molar-refractivity contribution >= 4 is 0 Å². The average molecular weight is 769 g/mol. The fraction of sp³-hybridized carbons (Fsp3) is 0.721. The molecule has 0 unspecified atom stereocenters. The number of methoxy groups -OCH3 is 2. The van der Waals surface area contributed by atoms with Crippen LogP contribution >= 0.6 is 0 Å². The first-order valence-corrected chi connectivity index (χ1v) is 20.2. The lowest BCUT2D eigenvalue weighted by Gasteiger charge is -2.62. The molecule has 0 amide bonds. The number of rotatable bonds is 11. The Morgan fingerprint density at radius 2 is 1.33 bits per heavy atom. The van der Waals surface area contributed by atoms with Crippen LogP contribution in [0.4, 0.5) is 0 Å². The van der Waals surface area contributed by atoms with Crippen LogP contribution in [-0.4, -0.2) is 121 Å². The molecule has 55 heavy (non-hydrogen) atoms. The van der Waals surface area contributed by atoms with Gasteiger partial charge in [0.15, 0.2) is 0 Å². The first-order chi connectivity index (χ1) is 26.4. The van der Waals surface area contributed by atoms with E-state index in [1.807, 2.05) is 36.4 Å². The number of aliphatic hydroxyl groups excluding tert-OH is 2. The summed E-state index contributed by atoms with van der Waals surface area (Å²) in [4.78, 5) is 0. The van der Waals surface area contributed by atoms with Crippen molar-refractivity contribution in [2.75, 3.05) is 27.4 Å². The van der Waals surface area contributed by atoms with Crippen molar-refractivity contribution in [3.8, 4) is 0 Å². The normalized spacial score (nSPS) is 45.3. The molecule has 6 heterocycles. The van der Waals surface area contributed by atoms with Crippen LogP contribution in [0.25, 0.3) is 0 Å². The first kappa shape index (κ1) is 39.8. The largest absolute Gasteiger partial charge is 0.393 e. The monoisotopic (exact) mass is 768 g/mol. The Balaban J connectivity index is 0.993. The molecule has 14 atom stereocenters. The predicted molar refractivity (Wildman–Crippen MR) is 199 cm³/mol. The minimum Gasteiger partial charge on any atom is -0.393 e. The summed E-state index contributed by atoms with van der Waals surface area (Å²) in [6, 6.07) is 20.5. The van der Waals surface area contributed by atoms with Crippen molar-refractivity contribution in [2.45, 2.75) is 169 Å². The number of hydrogen-bond acceptors (Lipinski definition) is 12. The lowest BCUT2D eigenvalue weighted by Crippen LogP contribution is -2.76. The van der Waals surface area contributed by atoms with E-state index in [4.69, 9.17) is 47.4 Å². The zero-order valence-electron chi connectivity index (χ0n) is 32.9. The summed E-state index contributed by atoms with van der Waals surface area (Å²) < 4.78 is 66.5. The van der Waals surface area contributed by atoms with E-state index >= 15 is 0 Å². The van der Waals surface area contributed by atoms with Gasteiger partial charge in [-0.3, -0.25) is 0 Å². The Hall–Kier alpha value is -2.04. The molecule has 0 bridgehead atoms. The van der Waals surface area contributed by atoms with E-state index in [1.165, 1.54) is 0 Å². The second-order valence-electron chi connectivity index (χ2n) is 17.2. The molecule has 2 N–H and O–H groups in total. The second-order valence-corrected chi connectivity index (χ2v) is 17.2. The summed E-state index contributed by atoms with van der Waals surface area (Å²) in [5.41, 5.74) is -0.0793. The topological polar surface area (TPSA) is 133 Å². The van der Waals surface area contributed by atoms with E-state index in [9.17, 15) is 10.2 Å². The lowest BCUT2D eigenvalue weighted by molar-refractivity contribution is -0.490. The number of aliphatic hydroxyl groups is 2. The van der Waals surface area contributed by atoms with Gasteiger partial charge >= 0.3 is 0 Å². The van der Waals surface area contributed by atoms with Gasteiger partial charge < -0.3 is 57.6 Å². The maximum Gasteiger partial charge on any atom is 0.226 e. The van der Waals surface area contributed by atoms with Gasteiger partial charge in [0, 0.05) is 59.4 Å². The molecular formula is C43H60O12. The molecule has 0 spiro atoms. The van der Waals surface area contributed by atoms with Gasteiger partial charge in [0.1, 0.15) is 5.60 Å². The molecule has 6 saturated heterocycles. The van der Waals surface area contributed by atoms with Gasteiger partial charge in [0.25, 0.3) is 0 Å². The third-order valence-corrected chi connectivity index (χ3v) is 13.5. The van der Waals surface area contributed by atoms with Crippen molar-refractivity contribution in [1.82, 2.24) is 0 Å². The Morgan fingerprint density at radius 3 is 1.98 bits per heavy atom. The Morgan fingerprint density at radius 1 is 0.691 bits per heavy atom. The Bertz CT molecular complexity index is 1580. The molecule has 0 aromatic heterocycles. The fourth-order valence-electron chi connectivity index (χ4n) is 10.0. The molecule has 12 heteroatoms. The van der Waals surface area contributed by atoms with E-state index < -0.39 is 46.7 Å². The maximum absolute atomic E-state index is 10.9. The molecule has 0 saturated carbocycles. The average Bonchev–Trinajstić information content (AvgIpc) is 3.32. The van der Waals surface area contributed by atoms with Crippen LogP contribution in [0.15, 0.2) is 60.7 Å². The Labute approximate surface area is 324 Å². The zero-order chi connectivity index (χ0) is 38.5. The molecular weight excluding hydrogens is 708 g/mol. The molecule has 8 rings (SSSR count). The SMILES string of the molecule is CO[C@]12C[C@H]3O[C@H]4CC[C@@]5(C)O[C@@](C)(CCOCc6ccccc6)[C@H](OCc6ccccc6)C[C@@H]5O[C@@H]4C[C@@H]3O[C@]1(OC)C[C@@H]1O[C@](C)(CO)[C@@H](O)C[C@H]1O2. The van der Waals surface area contributed by atoms with Crippen LogP contribution in [0.3, 0.4) is 0 Å². The van der Waals surface area contributed by atoms with Gasteiger partial charge in [0.2, 0.25) is 11.6 Å². The summed E-state index contributed by atoms with van der Waals surface area (Å²) in [7, 11) is 3.19. The van der Waals surface area contributed by atoms with Crippen LogP contribution in [0.1, 0.15) is 83.3 Å². The minimum absolute atomic E-state index is 0.189. The summed E-state index contributed by atoms with van der Waals surface area (Å²) in [5.74, 6) is -2.61. The van der Waals surface area contributed by atoms with Crippen molar-refractivity contribution < 1.29 is 57.6 Å². The number of ether oxygens (including phenoxy) is 10. The molecule has 6 aliphatic heterocycles. The summed E-state index contributed by atoms with van der Waals surface area (Å²) in [6.45, 7) is 7.26. The quantitative estimate of drug-likeness (QED) is 0.299. The van der Waals surface area contributed by atoms with Crippen molar-refractivity contribution in [3.05, 3.63) is 71.8 Å². The van der Waals surface area contributed by atoms with E-state index in [1.54, 1.807) is 21.1 Å². The van der Waals surface area contributed by atoms with Gasteiger partial charge in [-0.15, -0.1) is 0 Å². The van der Waals surface area contributed by atoms with E-state index in [0.717, 1.165) is 24.0 Å². The van der Waals surface area contributed by atoms with Crippen LogP contribution in [0, 0.1) is 0 Å². The van der Waals surface area contributed by atoms with Crippen LogP contribution in [0.5, 0.6) is 0 Å². The van der Waals surface area contributed by atoms with Crippen molar-refractivity contribution in [2.24, 2.45) is 0 Å². The minimum atomic E-state index is -1.31. The highest BCUT2D eigenvalue weighted by Gasteiger charge is 2.70.